The second-order valence-electron chi connectivity index (χ2n) is 7.05. The average molecular weight is 448 g/mol. The fraction of sp³-hybridized carbons (Fsp3) is 0.0435. The van der Waals surface area contributed by atoms with Crippen molar-refractivity contribution in [2.75, 3.05) is 0 Å². The Morgan fingerprint density at radius 3 is 2.19 bits per heavy atom. The first kappa shape index (κ1) is 19.3. The minimum atomic E-state index is -0.445. The number of carbonyl (C=O) groups excluding carboxylic acids is 2. The number of Topliss-reactive ketones (excluding diaryl/α,β-unsaturated/α-hetero) is 2. The third-order valence-corrected chi connectivity index (χ3v) is 5.94. The van der Waals surface area contributed by atoms with Gasteiger partial charge in [-0.25, -0.2) is 0 Å². The van der Waals surface area contributed by atoms with E-state index in [9.17, 15) is 9.59 Å². The minimum absolute atomic E-state index is 0.0489. The van der Waals surface area contributed by atoms with E-state index in [2.05, 4.69) is 11.1 Å². The average Bonchev–Trinajstić information content (AvgIpc) is 3.37. The number of nitriles is 1. The second-order valence-corrected chi connectivity index (χ2v) is 7.86. The Labute approximate surface area is 185 Å². The molecule has 31 heavy (non-hydrogen) atoms. The van der Waals surface area contributed by atoms with Crippen molar-refractivity contribution in [2.24, 2.45) is 7.05 Å². The summed E-state index contributed by atoms with van der Waals surface area (Å²) < 4.78 is 7.63. The standard InChI is InChI=1S/C23H11Cl2N3O3/c1-28-18(12-4-2-11(10-26)3-5-12)9-19-23(28)27-20(31-19)8-15-21(29)13-6-16(24)17(25)7-14(13)22(15)30/h2-9H,1H3. The number of hydrogen-bond acceptors (Lipinski definition) is 5. The number of nitrogens with zero attached hydrogens (tertiary/aromatic N) is 3. The zero-order valence-electron chi connectivity index (χ0n) is 15.9. The maximum atomic E-state index is 12.7. The summed E-state index contributed by atoms with van der Waals surface area (Å²) in [6.07, 6.45) is 1.34. The highest BCUT2D eigenvalue weighted by atomic mass is 35.5. The van der Waals surface area contributed by atoms with Gasteiger partial charge in [-0.2, -0.15) is 10.2 Å². The van der Waals surface area contributed by atoms with Gasteiger partial charge in [0.05, 0.1) is 32.9 Å². The van der Waals surface area contributed by atoms with Gasteiger partial charge in [0, 0.05) is 30.3 Å². The summed E-state index contributed by atoms with van der Waals surface area (Å²) in [6.45, 7) is 0. The Balaban J connectivity index is 1.53. The van der Waals surface area contributed by atoms with Gasteiger partial charge in [0.2, 0.25) is 5.89 Å². The first-order chi connectivity index (χ1) is 14.9. The summed E-state index contributed by atoms with van der Waals surface area (Å²) >= 11 is 12.0. The van der Waals surface area contributed by atoms with E-state index in [4.69, 9.17) is 32.9 Å². The van der Waals surface area contributed by atoms with Crippen molar-refractivity contribution in [2.45, 2.75) is 0 Å². The van der Waals surface area contributed by atoms with E-state index in [0.717, 1.165) is 11.3 Å². The number of ketones is 2. The van der Waals surface area contributed by atoms with Crippen molar-refractivity contribution in [1.29, 1.82) is 5.26 Å². The third kappa shape index (κ3) is 2.98. The first-order valence-corrected chi connectivity index (χ1v) is 9.90. The van der Waals surface area contributed by atoms with Crippen molar-refractivity contribution < 1.29 is 14.0 Å². The van der Waals surface area contributed by atoms with Crippen LogP contribution in [0.3, 0.4) is 0 Å². The summed E-state index contributed by atoms with van der Waals surface area (Å²) in [6, 6.07) is 13.9. The molecule has 0 bridgehead atoms. The van der Waals surface area contributed by atoms with Crippen LogP contribution in [0.1, 0.15) is 32.2 Å². The summed E-state index contributed by atoms with van der Waals surface area (Å²) in [7, 11) is 1.83. The first-order valence-electron chi connectivity index (χ1n) is 9.14. The molecule has 6 nitrogen and oxygen atoms in total. The SMILES string of the molecule is Cn1c(-c2ccc(C#N)cc2)cc2oc(C=C3C(=O)c4cc(Cl)c(Cl)cc4C3=O)nc21. The molecular formula is C23H11Cl2N3O3. The molecule has 0 saturated heterocycles. The number of oxazole rings is 1. The lowest BCUT2D eigenvalue weighted by atomic mass is 10.1. The van der Waals surface area contributed by atoms with E-state index in [1.54, 1.807) is 12.1 Å². The lowest BCUT2D eigenvalue weighted by Crippen LogP contribution is -2.00. The molecule has 2 heterocycles. The minimum Gasteiger partial charge on any atom is -0.435 e. The number of fused-ring (bicyclic) bond motifs is 2. The summed E-state index contributed by atoms with van der Waals surface area (Å²) in [5.74, 6) is -0.744. The van der Waals surface area contributed by atoms with Crippen LogP contribution in [0.15, 0.2) is 52.5 Å². The number of hydrogen-bond donors (Lipinski definition) is 0. The summed E-state index contributed by atoms with van der Waals surface area (Å²) in [5, 5.41) is 9.37. The topological polar surface area (TPSA) is 88.9 Å². The number of halogens is 2. The molecule has 2 aromatic heterocycles. The quantitative estimate of drug-likeness (QED) is 0.300. The maximum absolute atomic E-state index is 12.7. The molecule has 8 heteroatoms. The molecule has 0 amide bonds. The Hall–Kier alpha value is -3.66. The van der Waals surface area contributed by atoms with Gasteiger partial charge < -0.3 is 8.98 Å². The van der Waals surface area contributed by atoms with Gasteiger partial charge in [-0.05, 0) is 29.8 Å². The summed E-state index contributed by atoms with van der Waals surface area (Å²) in [4.78, 5) is 29.8. The van der Waals surface area contributed by atoms with E-state index in [1.807, 2.05) is 29.8 Å². The van der Waals surface area contributed by atoms with Crippen LogP contribution < -0.4 is 0 Å². The van der Waals surface area contributed by atoms with Gasteiger partial charge in [-0.3, -0.25) is 9.59 Å². The van der Waals surface area contributed by atoms with E-state index in [-0.39, 0.29) is 32.6 Å². The van der Waals surface area contributed by atoms with Crippen LogP contribution in [0.2, 0.25) is 10.0 Å². The van der Waals surface area contributed by atoms with Crippen LogP contribution >= 0.6 is 23.2 Å². The molecule has 0 atom stereocenters. The van der Waals surface area contributed by atoms with Crippen LogP contribution in [-0.4, -0.2) is 21.1 Å². The molecule has 4 aromatic rings. The zero-order chi connectivity index (χ0) is 21.9. The predicted molar refractivity (Wildman–Crippen MR) is 116 cm³/mol. The van der Waals surface area contributed by atoms with Crippen molar-refractivity contribution in [3.63, 3.8) is 0 Å². The van der Waals surface area contributed by atoms with Gasteiger partial charge in [0.25, 0.3) is 0 Å². The van der Waals surface area contributed by atoms with Gasteiger partial charge in [0.1, 0.15) is 0 Å². The van der Waals surface area contributed by atoms with Gasteiger partial charge in [-0.15, -0.1) is 0 Å². The number of allylic oxidation sites excluding steroid dienone is 1. The van der Waals surface area contributed by atoms with Crippen LogP contribution in [0, 0.1) is 11.3 Å². The molecule has 5 rings (SSSR count). The van der Waals surface area contributed by atoms with Crippen LogP contribution in [-0.2, 0) is 7.05 Å². The van der Waals surface area contributed by atoms with E-state index >= 15 is 0 Å². The van der Waals surface area contributed by atoms with Gasteiger partial charge >= 0.3 is 0 Å². The molecular weight excluding hydrogens is 437 g/mol. The zero-order valence-corrected chi connectivity index (χ0v) is 17.5. The molecule has 0 N–H and O–H groups in total. The molecule has 0 aliphatic heterocycles. The van der Waals surface area contributed by atoms with Crippen LogP contribution in [0.4, 0.5) is 0 Å². The molecule has 1 aliphatic rings. The Morgan fingerprint density at radius 2 is 1.65 bits per heavy atom. The lowest BCUT2D eigenvalue weighted by molar-refractivity contribution is 0.0990. The number of carbonyl (C=O) groups is 2. The normalized spacial score (nSPS) is 13.0. The number of aryl methyl sites for hydroxylation is 1. The van der Waals surface area contributed by atoms with Crippen molar-refractivity contribution in [3.8, 4) is 17.3 Å². The Kier molecular flexibility index (Phi) is 4.33. The Morgan fingerprint density at radius 1 is 1.03 bits per heavy atom. The fourth-order valence-electron chi connectivity index (χ4n) is 3.63. The molecule has 0 fully saturated rings. The van der Waals surface area contributed by atoms with Gasteiger partial charge in [0.15, 0.2) is 22.8 Å². The molecule has 0 spiro atoms. The highest BCUT2D eigenvalue weighted by Gasteiger charge is 2.34. The molecule has 2 aromatic carbocycles. The van der Waals surface area contributed by atoms with E-state index < -0.39 is 11.6 Å². The molecule has 0 saturated carbocycles. The molecule has 0 radical (unpaired) electrons. The van der Waals surface area contributed by atoms with Gasteiger partial charge in [-0.1, -0.05) is 35.3 Å². The van der Waals surface area contributed by atoms with Crippen LogP contribution in [0.25, 0.3) is 28.6 Å². The predicted octanol–water partition coefficient (Wildman–Crippen LogP) is 5.47. The number of aromatic nitrogens is 2. The van der Waals surface area contributed by atoms with Crippen molar-refractivity contribution in [3.05, 3.63) is 80.7 Å². The third-order valence-electron chi connectivity index (χ3n) is 5.21. The van der Waals surface area contributed by atoms with Crippen LogP contribution in [0.5, 0.6) is 0 Å². The smallest absolute Gasteiger partial charge is 0.222 e. The maximum Gasteiger partial charge on any atom is 0.222 e. The number of rotatable bonds is 2. The Bertz CT molecular complexity index is 1460. The molecule has 150 valence electrons. The fourth-order valence-corrected chi connectivity index (χ4v) is 3.96. The molecule has 1 aliphatic carbocycles. The van der Waals surface area contributed by atoms with E-state index in [1.165, 1.54) is 18.2 Å². The van der Waals surface area contributed by atoms with E-state index in [0.29, 0.717) is 16.8 Å². The van der Waals surface area contributed by atoms with Crippen molar-refractivity contribution >= 4 is 52.1 Å². The second kappa shape index (κ2) is 6.95. The lowest BCUT2D eigenvalue weighted by Gasteiger charge is -2.03. The number of benzene rings is 2. The highest BCUT2D eigenvalue weighted by Crippen LogP contribution is 2.35. The largest absolute Gasteiger partial charge is 0.435 e. The molecule has 0 unspecified atom stereocenters. The van der Waals surface area contributed by atoms with Crippen molar-refractivity contribution in [1.82, 2.24) is 9.55 Å². The monoisotopic (exact) mass is 447 g/mol. The summed E-state index contributed by atoms with van der Waals surface area (Å²) in [5.41, 5.74) is 3.78. The highest BCUT2D eigenvalue weighted by molar-refractivity contribution is 6.46.